The lowest BCUT2D eigenvalue weighted by Crippen LogP contribution is -2.25. The maximum Gasteiger partial charge on any atom is 0.269 e. The molecule has 0 fully saturated rings. The van der Waals surface area contributed by atoms with Crippen LogP contribution in [0.2, 0.25) is 0 Å². The van der Waals surface area contributed by atoms with Gasteiger partial charge < -0.3 is 14.5 Å². The molecule has 0 unspecified atom stereocenters. The minimum absolute atomic E-state index is 0.186. The Kier molecular flexibility index (Phi) is 5.52. The summed E-state index contributed by atoms with van der Waals surface area (Å²) in [6.45, 7) is 5.42. The lowest BCUT2D eigenvalue weighted by Gasteiger charge is -2.04. The van der Waals surface area contributed by atoms with E-state index < -0.39 is 0 Å². The average Bonchev–Trinajstić information content (AvgIpc) is 3.33. The molecule has 0 aliphatic rings. The number of ether oxygens (including phenoxy) is 1. The number of nitrogens with one attached hydrogen (secondary N) is 2. The molecule has 8 nitrogen and oxygen atoms in total. The molecule has 0 radical (unpaired) electrons. The number of H-pyrrole nitrogens is 1. The summed E-state index contributed by atoms with van der Waals surface area (Å²) in [5, 5.41) is 14.3. The molecule has 0 aromatic carbocycles. The van der Waals surface area contributed by atoms with Crippen LogP contribution in [0, 0.1) is 13.8 Å². The summed E-state index contributed by atoms with van der Waals surface area (Å²) in [6, 6.07) is 5.44. The van der Waals surface area contributed by atoms with E-state index in [0.717, 1.165) is 28.4 Å². The van der Waals surface area contributed by atoms with Gasteiger partial charge in [-0.05, 0) is 38.5 Å². The van der Waals surface area contributed by atoms with Gasteiger partial charge in [-0.15, -0.1) is 0 Å². The number of hydrogen-bond acceptors (Lipinski definition) is 5. The van der Waals surface area contributed by atoms with Gasteiger partial charge in [0, 0.05) is 31.5 Å². The highest BCUT2D eigenvalue weighted by atomic mass is 16.5. The van der Waals surface area contributed by atoms with E-state index in [4.69, 9.17) is 9.15 Å². The molecule has 0 atom stereocenters. The van der Waals surface area contributed by atoms with Gasteiger partial charge in [0.25, 0.3) is 5.91 Å². The third kappa shape index (κ3) is 4.02. The number of nitrogens with zero attached hydrogens (tertiary/aromatic N) is 3. The molecule has 138 valence electrons. The Balaban J connectivity index is 1.46. The van der Waals surface area contributed by atoms with Crippen LogP contribution in [0.3, 0.4) is 0 Å². The molecular weight excluding hydrogens is 334 g/mol. The smallest absolute Gasteiger partial charge is 0.269 e. The highest BCUT2D eigenvalue weighted by Crippen LogP contribution is 2.25. The number of aromatic nitrogens is 4. The van der Waals surface area contributed by atoms with Gasteiger partial charge in [0.05, 0.1) is 17.7 Å². The SMILES string of the molecule is Cc1nn(C)c(C)c1-c1cc(C(=O)NCCCOCc2ccco2)[nH]n1. The van der Waals surface area contributed by atoms with Crippen LogP contribution >= 0.6 is 0 Å². The molecule has 0 bridgehead atoms. The van der Waals surface area contributed by atoms with E-state index in [1.54, 1.807) is 12.3 Å². The van der Waals surface area contributed by atoms with Gasteiger partial charge in [-0.25, -0.2) is 0 Å². The highest BCUT2D eigenvalue weighted by Gasteiger charge is 2.16. The summed E-state index contributed by atoms with van der Waals surface area (Å²) in [5.74, 6) is 0.606. The van der Waals surface area contributed by atoms with Crippen molar-refractivity contribution in [3.8, 4) is 11.3 Å². The Labute approximate surface area is 151 Å². The van der Waals surface area contributed by atoms with Crippen molar-refractivity contribution in [3.63, 3.8) is 0 Å². The molecule has 3 heterocycles. The minimum Gasteiger partial charge on any atom is -0.467 e. The van der Waals surface area contributed by atoms with Crippen LogP contribution in [0.15, 0.2) is 28.9 Å². The molecule has 0 saturated heterocycles. The molecule has 0 aliphatic heterocycles. The van der Waals surface area contributed by atoms with E-state index in [1.165, 1.54) is 0 Å². The van der Waals surface area contributed by atoms with E-state index in [2.05, 4.69) is 20.6 Å². The first-order chi connectivity index (χ1) is 12.6. The van der Waals surface area contributed by atoms with Gasteiger partial charge in [0.2, 0.25) is 0 Å². The lowest BCUT2D eigenvalue weighted by atomic mass is 10.1. The first kappa shape index (κ1) is 17.9. The van der Waals surface area contributed by atoms with Crippen molar-refractivity contribution in [2.24, 2.45) is 7.05 Å². The first-order valence-electron chi connectivity index (χ1n) is 8.50. The molecule has 3 rings (SSSR count). The maximum absolute atomic E-state index is 12.2. The molecule has 3 aromatic heterocycles. The predicted molar refractivity (Wildman–Crippen MR) is 95.6 cm³/mol. The quantitative estimate of drug-likeness (QED) is 0.603. The second-order valence-corrected chi connectivity index (χ2v) is 6.08. The summed E-state index contributed by atoms with van der Waals surface area (Å²) >= 11 is 0. The fourth-order valence-corrected chi connectivity index (χ4v) is 2.75. The van der Waals surface area contributed by atoms with Gasteiger partial charge in [-0.1, -0.05) is 0 Å². The van der Waals surface area contributed by atoms with Crippen molar-refractivity contribution in [2.75, 3.05) is 13.2 Å². The third-order valence-electron chi connectivity index (χ3n) is 4.16. The third-order valence-corrected chi connectivity index (χ3v) is 4.16. The number of furan rings is 1. The van der Waals surface area contributed by atoms with Gasteiger partial charge >= 0.3 is 0 Å². The molecule has 2 N–H and O–H groups in total. The summed E-state index contributed by atoms with van der Waals surface area (Å²) in [4.78, 5) is 12.2. The summed E-state index contributed by atoms with van der Waals surface area (Å²) in [5.41, 5.74) is 4.00. The number of rotatable bonds is 8. The fourth-order valence-electron chi connectivity index (χ4n) is 2.75. The highest BCUT2D eigenvalue weighted by molar-refractivity contribution is 5.93. The monoisotopic (exact) mass is 357 g/mol. The first-order valence-corrected chi connectivity index (χ1v) is 8.50. The van der Waals surface area contributed by atoms with Crippen LogP contribution in [0.4, 0.5) is 0 Å². The molecule has 0 aliphatic carbocycles. The van der Waals surface area contributed by atoms with Gasteiger partial charge in [-0.3, -0.25) is 14.6 Å². The van der Waals surface area contributed by atoms with Gasteiger partial charge in [0.15, 0.2) is 0 Å². The van der Waals surface area contributed by atoms with Gasteiger partial charge in [0.1, 0.15) is 18.1 Å². The number of hydrogen-bond donors (Lipinski definition) is 2. The Morgan fingerprint density at radius 1 is 1.42 bits per heavy atom. The molecule has 0 saturated carbocycles. The van der Waals surface area contributed by atoms with Crippen molar-refractivity contribution >= 4 is 5.91 Å². The van der Waals surface area contributed by atoms with Crippen molar-refractivity contribution in [3.05, 3.63) is 47.3 Å². The van der Waals surface area contributed by atoms with E-state index in [0.29, 0.717) is 31.9 Å². The summed E-state index contributed by atoms with van der Waals surface area (Å²) in [6.07, 6.45) is 2.33. The predicted octanol–water partition coefficient (Wildman–Crippen LogP) is 2.36. The van der Waals surface area contributed by atoms with Crippen molar-refractivity contribution in [1.29, 1.82) is 0 Å². The number of carbonyl (C=O) groups excluding carboxylic acids is 1. The van der Waals surface area contributed by atoms with E-state index in [1.807, 2.05) is 37.7 Å². The van der Waals surface area contributed by atoms with Crippen molar-refractivity contribution in [1.82, 2.24) is 25.3 Å². The van der Waals surface area contributed by atoms with Crippen LogP contribution in [0.25, 0.3) is 11.3 Å². The summed E-state index contributed by atoms with van der Waals surface area (Å²) in [7, 11) is 1.89. The standard InChI is InChI=1S/C18H23N5O3/c1-12-17(13(2)23(3)22-12)15-10-16(21-20-15)18(24)19-7-5-8-25-11-14-6-4-9-26-14/h4,6,9-10H,5,7-8,11H2,1-3H3,(H,19,24)(H,20,21). The van der Waals surface area contributed by atoms with Crippen LogP contribution in [0.1, 0.15) is 34.1 Å². The van der Waals surface area contributed by atoms with Crippen LogP contribution < -0.4 is 5.32 Å². The number of carbonyl (C=O) groups is 1. The van der Waals surface area contributed by atoms with Gasteiger partial charge in [-0.2, -0.15) is 10.2 Å². The van der Waals surface area contributed by atoms with E-state index >= 15 is 0 Å². The molecule has 0 spiro atoms. The molecule has 3 aromatic rings. The second-order valence-electron chi connectivity index (χ2n) is 6.08. The molecule has 26 heavy (non-hydrogen) atoms. The maximum atomic E-state index is 12.2. The number of aryl methyl sites for hydroxylation is 2. The normalized spacial score (nSPS) is 11.0. The number of amides is 1. The van der Waals surface area contributed by atoms with Crippen molar-refractivity contribution < 1.29 is 13.9 Å². The zero-order valence-corrected chi connectivity index (χ0v) is 15.2. The molecular formula is C18H23N5O3. The topological polar surface area (TPSA) is 98.0 Å². The molecule has 8 heteroatoms. The zero-order chi connectivity index (χ0) is 18.5. The molecule has 1 amide bonds. The van der Waals surface area contributed by atoms with E-state index in [-0.39, 0.29) is 5.91 Å². The second kappa shape index (κ2) is 8.01. The Hall–Kier alpha value is -2.87. The van der Waals surface area contributed by atoms with E-state index in [9.17, 15) is 4.79 Å². The Bertz CT molecular complexity index is 864. The zero-order valence-electron chi connectivity index (χ0n) is 15.2. The van der Waals surface area contributed by atoms with Crippen LogP contribution in [-0.2, 0) is 18.4 Å². The summed E-state index contributed by atoms with van der Waals surface area (Å²) < 4.78 is 12.5. The largest absolute Gasteiger partial charge is 0.467 e. The Morgan fingerprint density at radius 3 is 2.96 bits per heavy atom. The average molecular weight is 357 g/mol. The van der Waals surface area contributed by atoms with Crippen molar-refractivity contribution in [2.45, 2.75) is 26.9 Å². The van der Waals surface area contributed by atoms with Crippen LogP contribution in [-0.4, -0.2) is 39.0 Å². The fraction of sp³-hybridized carbons (Fsp3) is 0.389. The lowest BCUT2D eigenvalue weighted by molar-refractivity contribution is 0.0913. The Morgan fingerprint density at radius 2 is 2.27 bits per heavy atom. The van der Waals surface area contributed by atoms with Crippen LogP contribution in [0.5, 0.6) is 0 Å². The number of aromatic amines is 1. The minimum atomic E-state index is -0.186.